The van der Waals surface area contributed by atoms with E-state index in [1.807, 2.05) is 6.92 Å². The van der Waals surface area contributed by atoms with Gasteiger partial charge in [0.2, 0.25) is 0 Å². The maximum atomic E-state index is 11.0. The molecule has 4 heteroatoms. The Hall–Kier alpha value is -1.32. The summed E-state index contributed by atoms with van der Waals surface area (Å²) < 4.78 is 4.59. The molecule has 0 unspecified atom stereocenters. The molecule has 0 atom stereocenters. The first-order chi connectivity index (χ1) is 8.18. The number of nitrogens with zero attached hydrogens (tertiary/aromatic N) is 1. The molecule has 18 heavy (non-hydrogen) atoms. The highest BCUT2D eigenvalue weighted by molar-refractivity contribution is 5.91. The van der Waals surface area contributed by atoms with Crippen molar-refractivity contribution in [3.8, 4) is 0 Å². The zero-order valence-corrected chi connectivity index (χ0v) is 12.4. The first-order valence-corrected chi connectivity index (χ1v) is 6.22. The summed E-state index contributed by atoms with van der Waals surface area (Å²) >= 11 is 0. The van der Waals surface area contributed by atoms with Crippen LogP contribution in [0.1, 0.15) is 40.5 Å². The van der Waals surface area contributed by atoms with Gasteiger partial charge in [-0.25, -0.2) is 4.79 Å². The van der Waals surface area contributed by atoms with E-state index in [4.69, 9.17) is 0 Å². The standard InChI is InChI=1S/C9H14O.C5H11NO2/c1-7-4-8(10)6-9(2,3)5-7;1-4-8-5(7)6(2)3/h4H,5-6H2,1-3H3;4H2,1-3H3. The second-order valence-electron chi connectivity index (χ2n) is 5.57. The smallest absolute Gasteiger partial charge is 0.409 e. The summed E-state index contributed by atoms with van der Waals surface area (Å²) in [5.41, 5.74) is 1.43. The zero-order valence-electron chi connectivity index (χ0n) is 12.4. The summed E-state index contributed by atoms with van der Waals surface area (Å²) in [5.74, 6) is 0.286. The van der Waals surface area contributed by atoms with E-state index in [0.717, 1.165) is 6.42 Å². The number of allylic oxidation sites excluding steroid dienone is 2. The lowest BCUT2D eigenvalue weighted by Crippen LogP contribution is -2.22. The van der Waals surface area contributed by atoms with E-state index in [1.165, 1.54) is 10.5 Å². The van der Waals surface area contributed by atoms with Gasteiger partial charge in [0.25, 0.3) is 0 Å². The Morgan fingerprint density at radius 2 is 1.94 bits per heavy atom. The van der Waals surface area contributed by atoms with Crippen molar-refractivity contribution in [3.05, 3.63) is 11.6 Å². The monoisotopic (exact) mass is 255 g/mol. The molecule has 0 bridgehead atoms. The Bertz CT molecular complexity index is 330. The minimum atomic E-state index is -0.285. The summed E-state index contributed by atoms with van der Waals surface area (Å²) in [4.78, 5) is 22.9. The Balaban J connectivity index is 0.000000331. The maximum absolute atomic E-state index is 11.0. The lowest BCUT2D eigenvalue weighted by Gasteiger charge is -2.27. The molecule has 0 aromatic carbocycles. The van der Waals surface area contributed by atoms with Gasteiger partial charge in [0.1, 0.15) is 0 Å². The van der Waals surface area contributed by atoms with Crippen molar-refractivity contribution < 1.29 is 14.3 Å². The average molecular weight is 255 g/mol. The lowest BCUT2D eigenvalue weighted by molar-refractivity contribution is -0.117. The molecule has 0 fully saturated rings. The molecule has 0 aromatic heterocycles. The Morgan fingerprint density at radius 1 is 1.39 bits per heavy atom. The predicted octanol–water partition coefficient (Wildman–Crippen LogP) is 3.03. The quantitative estimate of drug-likeness (QED) is 0.723. The molecule has 0 N–H and O–H groups in total. The van der Waals surface area contributed by atoms with Gasteiger partial charge in [-0.2, -0.15) is 0 Å². The molecule has 0 saturated carbocycles. The number of carbonyl (C=O) groups excluding carboxylic acids is 2. The van der Waals surface area contributed by atoms with Gasteiger partial charge in [0.05, 0.1) is 6.61 Å². The summed E-state index contributed by atoms with van der Waals surface area (Å²) in [5, 5.41) is 0. The van der Waals surface area contributed by atoms with Crippen LogP contribution in [0.3, 0.4) is 0 Å². The van der Waals surface area contributed by atoms with Crippen LogP contribution in [0.2, 0.25) is 0 Å². The summed E-state index contributed by atoms with van der Waals surface area (Å²) in [6, 6.07) is 0. The van der Waals surface area contributed by atoms with Crippen LogP contribution >= 0.6 is 0 Å². The summed E-state index contributed by atoms with van der Waals surface area (Å²) in [6.07, 6.45) is 3.27. The lowest BCUT2D eigenvalue weighted by atomic mass is 9.77. The van der Waals surface area contributed by atoms with Gasteiger partial charge in [-0.3, -0.25) is 4.79 Å². The minimum absolute atomic E-state index is 0.204. The summed E-state index contributed by atoms with van der Waals surface area (Å²) in [7, 11) is 3.30. The molecule has 0 spiro atoms. The van der Waals surface area contributed by atoms with E-state index < -0.39 is 0 Å². The minimum Gasteiger partial charge on any atom is -0.450 e. The number of amides is 1. The number of rotatable bonds is 1. The van der Waals surface area contributed by atoms with Gasteiger partial charge in [-0.1, -0.05) is 19.4 Å². The third-order valence-electron chi connectivity index (χ3n) is 2.45. The molecule has 0 heterocycles. The molecule has 1 rings (SSSR count). The van der Waals surface area contributed by atoms with Crippen LogP contribution in [0.4, 0.5) is 4.79 Å². The van der Waals surface area contributed by atoms with Crippen LogP contribution in [0.5, 0.6) is 0 Å². The molecular formula is C14H25NO3. The van der Waals surface area contributed by atoms with Crippen LogP contribution < -0.4 is 0 Å². The van der Waals surface area contributed by atoms with Crippen molar-refractivity contribution in [1.29, 1.82) is 0 Å². The molecule has 1 aliphatic rings. The molecule has 0 saturated heterocycles. The molecule has 0 radical (unpaired) electrons. The number of carbonyl (C=O) groups is 2. The van der Waals surface area contributed by atoms with E-state index in [9.17, 15) is 9.59 Å². The van der Waals surface area contributed by atoms with E-state index in [-0.39, 0.29) is 17.3 Å². The predicted molar refractivity (Wildman–Crippen MR) is 72.5 cm³/mol. The van der Waals surface area contributed by atoms with Crippen LogP contribution in [-0.4, -0.2) is 37.5 Å². The van der Waals surface area contributed by atoms with Crippen LogP contribution in [0.25, 0.3) is 0 Å². The molecule has 4 nitrogen and oxygen atoms in total. The van der Waals surface area contributed by atoms with Crippen molar-refractivity contribution in [2.75, 3.05) is 20.7 Å². The fourth-order valence-corrected chi connectivity index (χ4v) is 1.92. The SMILES string of the molecule is CC1=CC(=O)CC(C)(C)C1.CCOC(=O)N(C)C. The Morgan fingerprint density at radius 3 is 2.22 bits per heavy atom. The van der Waals surface area contributed by atoms with Crippen LogP contribution in [0.15, 0.2) is 11.6 Å². The van der Waals surface area contributed by atoms with Gasteiger partial charge in [-0.15, -0.1) is 0 Å². The molecule has 0 aliphatic heterocycles. The molecular weight excluding hydrogens is 230 g/mol. The highest BCUT2D eigenvalue weighted by Crippen LogP contribution is 2.32. The van der Waals surface area contributed by atoms with Crippen molar-refractivity contribution >= 4 is 11.9 Å². The highest BCUT2D eigenvalue weighted by Gasteiger charge is 2.25. The molecule has 1 aliphatic carbocycles. The third-order valence-corrected chi connectivity index (χ3v) is 2.45. The fraction of sp³-hybridized carbons (Fsp3) is 0.714. The van der Waals surface area contributed by atoms with E-state index in [1.54, 1.807) is 27.1 Å². The van der Waals surface area contributed by atoms with Crippen molar-refractivity contribution in [3.63, 3.8) is 0 Å². The largest absolute Gasteiger partial charge is 0.450 e. The van der Waals surface area contributed by atoms with E-state index in [0.29, 0.717) is 13.0 Å². The Labute approximate surface area is 110 Å². The second-order valence-corrected chi connectivity index (χ2v) is 5.57. The van der Waals surface area contributed by atoms with Crippen molar-refractivity contribution in [2.45, 2.75) is 40.5 Å². The summed E-state index contributed by atoms with van der Waals surface area (Å²) in [6.45, 7) is 8.53. The normalized spacial score (nSPS) is 17.2. The van der Waals surface area contributed by atoms with E-state index >= 15 is 0 Å². The van der Waals surface area contributed by atoms with Crippen molar-refractivity contribution in [2.24, 2.45) is 5.41 Å². The average Bonchev–Trinajstić information content (AvgIpc) is 2.14. The van der Waals surface area contributed by atoms with Crippen molar-refractivity contribution in [1.82, 2.24) is 4.90 Å². The van der Waals surface area contributed by atoms with Gasteiger partial charge in [-0.05, 0) is 31.8 Å². The Kier molecular flexibility index (Phi) is 6.66. The van der Waals surface area contributed by atoms with Crippen LogP contribution in [-0.2, 0) is 9.53 Å². The van der Waals surface area contributed by atoms with Gasteiger partial charge in [0, 0.05) is 20.5 Å². The third kappa shape index (κ3) is 7.09. The van der Waals surface area contributed by atoms with Crippen LogP contribution in [0, 0.1) is 5.41 Å². The number of ether oxygens (including phenoxy) is 1. The second kappa shape index (κ2) is 7.19. The number of ketones is 1. The highest BCUT2D eigenvalue weighted by atomic mass is 16.5. The number of hydrogen-bond acceptors (Lipinski definition) is 3. The fourth-order valence-electron chi connectivity index (χ4n) is 1.92. The molecule has 0 aromatic rings. The van der Waals surface area contributed by atoms with Gasteiger partial charge < -0.3 is 9.64 Å². The molecule has 1 amide bonds. The van der Waals surface area contributed by atoms with E-state index in [2.05, 4.69) is 18.6 Å². The number of hydrogen-bond donors (Lipinski definition) is 0. The van der Waals surface area contributed by atoms with Gasteiger partial charge >= 0.3 is 6.09 Å². The van der Waals surface area contributed by atoms with Gasteiger partial charge in [0.15, 0.2) is 5.78 Å². The zero-order chi connectivity index (χ0) is 14.3. The maximum Gasteiger partial charge on any atom is 0.409 e. The topological polar surface area (TPSA) is 46.6 Å². The molecule has 104 valence electrons. The first-order valence-electron chi connectivity index (χ1n) is 6.22. The first kappa shape index (κ1) is 16.7.